The molecule has 0 amide bonds. The summed E-state index contributed by atoms with van der Waals surface area (Å²) in [4.78, 5) is 4.44. The molecule has 0 spiro atoms. The molecule has 0 bridgehead atoms. The smallest absolute Gasteiger partial charge is 0.0814 e. The van der Waals surface area contributed by atoms with Gasteiger partial charge in [-0.25, -0.2) is 0 Å². The van der Waals surface area contributed by atoms with Crippen LogP contribution in [0.1, 0.15) is 18.6 Å². The van der Waals surface area contributed by atoms with Crippen LogP contribution in [-0.4, -0.2) is 12.1 Å². The second-order valence-electron chi connectivity index (χ2n) is 3.69. The first kappa shape index (κ1) is 10.8. The van der Waals surface area contributed by atoms with E-state index in [9.17, 15) is 0 Å². The first-order valence-corrected chi connectivity index (χ1v) is 5.36. The van der Waals surface area contributed by atoms with E-state index in [1.54, 1.807) is 7.11 Å². The summed E-state index contributed by atoms with van der Waals surface area (Å²) in [5, 5.41) is 0. The highest BCUT2D eigenvalue weighted by Crippen LogP contribution is 2.27. The van der Waals surface area contributed by atoms with E-state index in [0.29, 0.717) is 0 Å². The molecule has 1 atom stereocenters. The number of hydrogen-bond donors (Lipinski definition) is 0. The van der Waals surface area contributed by atoms with Crippen LogP contribution in [0.5, 0.6) is 0 Å². The molecule has 0 radical (unpaired) electrons. The van der Waals surface area contributed by atoms with Gasteiger partial charge in [0.1, 0.15) is 0 Å². The third-order valence-corrected chi connectivity index (χ3v) is 2.68. The molecule has 1 aromatic carbocycles. The normalized spacial score (nSPS) is 12.4. The number of methoxy groups -OCH3 is 1. The van der Waals surface area contributed by atoms with Crippen molar-refractivity contribution in [1.29, 1.82) is 0 Å². The first-order chi connectivity index (χ1) is 7.83. The molecule has 16 heavy (non-hydrogen) atoms. The predicted molar refractivity (Wildman–Crippen MR) is 65.1 cm³/mol. The summed E-state index contributed by atoms with van der Waals surface area (Å²) in [5.74, 6) is 0. The fourth-order valence-corrected chi connectivity index (χ4v) is 1.71. The van der Waals surface area contributed by atoms with Crippen molar-refractivity contribution in [2.75, 3.05) is 7.11 Å². The van der Waals surface area contributed by atoms with Crippen molar-refractivity contribution in [3.63, 3.8) is 0 Å². The molecule has 0 aliphatic heterocycles. The minimum Gasteiger partial charge on any atom is -0.377 e. The molecular formula is C14H15NO. The number of nitrogens with zero attached hydrogens (tertiary/aromatic N) is 1. The van der Waals surface area contributed by atoms with Gasteiger partial charge in [0.2, 0.25) is 0 Å². The summed E-state index contributed by atoms with van der Waals surface area (Å²) >= 11 is 0. The van der Waals surface area contributed by atoms with E-state index in [-0.39, 0.29) is 6.10 Å². The number of benzene rings is 1. The lowest BCUT2D eigenvalue weighted by atomic mass is 10.0. The first-order valence-electron chi connectivity index (χ1n) is 5.36. The Bertz CT molecular complexity index is 453. The largest absolute Gasteiger partial charge is 0.377 e. The number of aromatic nitrogens is 1. The number of hydrogen-bond acceptors (Lipinski definition) is 2. The van der Waals surface area contributed by atoms with Crippen LogP contribution >= 0.6 is 0 Å². The van der Waals surface area contributed by atoms with Crippen LogP contribution in [0.4, 0.5) is 0 Å². The Labute approximate surface area is 95.9 Å². The van der Waals surface area contributed by atoms with E-state index < -0.39 is 0 Å². The summed E-state index contributed by atoms with van der Waals surface area (Å²) in [7, 11) is 1.71. The standard InChI is InChI=1S/C14H15NO/c1-11(16-2)13-9-6-10-15-14(13)12-7-4-3-5-8-12/h3-11H,1-2H3. The van der Waals surface area contributed by atoms with Gasteiger partial charge in [-0.2, -0.15) is 0 Å². The Morgan fingerprint density at radius 2 is 1.81 bits per heavy atom. The molecule has 1 heterocycles. The molecule has 82 valence electrons. The highest BCUT2D eigenvalue weighted by Gasteiger charge is 2.11. The fourth-order valence-electron chi connectivity index (χ4n) is 1.71. The number of rotatable bonds is 3. The maximum atomic E-state index is 5.36. The van der Waals surface area contributed by atoms with Gasteiger partial charge in [0, 0.05) is 24.4 Å². The Morgan fingerprint density at radius 1 is 1.06 bits per heavy atom. The third kappa shape index (κ3) is 2.12. The van der Waals surface area contributed by atoms with Crippen LogP contribution in [0.2, 0.25) is 0 Å². The predicted octanol–water partition coefficient (Wildman–Crippen LogP) is 3.46. The molecule has 0 aliphatic rings. The quantitative estimate of drug-likeness (QED) is 0.779. The second-order valence-corrected chi connectivity index (χ2v) is 3.69. The number of ether oxygens (including phenoxy) is 1. The summed E-state index contributed by atoms with van der Waals surface area (Å²) in [6.07, 6.45) is 1.87. The number of pyridine rings is 1. The Hall–Kier alpha value is -1.67. The van der Waals surface area contributed by atoms with Crippen molar-refractivity contribution >= 4 is 0 Å². The molecular weight excluding hydrogens is 198 g/mol. The maximum Gasteiger partial charge on any atom is 0.0814 e. The van der Waals surface area contributed by atoms with Gasteiger partial charge < -0.3 is 4.74 Å². The van der Waals surface area contributed by atoms with Crippen molar-refractivity contribution < 1.29 is 4.74 Å². The highest BCUT2D eigenvalue weighted by atomic mass is 16.5. The zero-order chi connectivity index (χ0) is 11.4. The third-order valence-electron chi connectivity index (χ3n) is 2.68. The van der Waals surface area contributed by atoms with Crippen LogP contribution < -0.4 is 0 Å². The molecule has 0 saturated heterocycles. The van der Waals surface area contributed by atoms with Crippen molar-refractivity contribution in [1.82, 2.24) is 4.98 Å². The second kappa shape index (κ2) is 4.90. The molecule has 2 rings (SSSR count). The average Bonchev–Trinajstić information content (AvgIpc) is 2.39. The molecule has 2 heteroatoms. The Balaban J connectivity index is 2.49. The van der Waals surface area contributed by atoms with Crippen LogP contribution in [-0.2, 0) is 4.74 Å². The van der Waals surface area contributed by atoms with Crippen molar-refractivity contribution in [2.45, 2.75) is 13.0 Å². The lowest BCUT2D eigenvalue weighted by molar-refractivity contribution is 0.120. The molecule has 2 nitrogen and oxygen atoms in total. The van der Waals surface area contributed by atoms with Gasteiger partial charge >= 0.3 is 0 Å². The van der Waals surface area contributed by atoms with E-state index in [1.807, 2.05) is 37.4 Å². The van der Waals surface area contributed by atoms with E-state index in [0.717, 1.165) is 16.8 Å². The van der Waals surface area contributed by atoms with Crippen LogP contribution in [0.3, 0.4) is 0 Å². The monoisotopic (exact) mass is 213 g/mol. The molecule has 2 aromatic rings. The van der Waals surface area contributed by atoms with Crippen molar-refractivity contribution in [3.8, 4) is 11.3 Å². The minimum absolute atomic E-state index is 0.0592. The molecule has 0 saturated carbocycles. The highest BCUT2D eigenvalue weighted by molar-refractivity contribution is 5.63. The zero-order valence-electron chi connectivity index (χ0n) is 9.55. The van der Waals surface area contributed by atoms with E-state index >= 15 is 0 Å². The lowest BCUT2D eigenvalue weighted by Crippen LogP contribution is -2.00. The van der Waals surface area contributed by atoms with Gasteiger partial charge in [-0.3, -0.25) is 4.98 Å². The van der Waals surface area contributed by atoms with E-state index in [1.165, 1.54) is 0 Å². The molecule has 0 aliphatic carbocycles. The van der Waals surface area contributed by atoms with E-state index in [4.69, 9.17) is 4.74 Å². The Kier molecular flexibility index (Phi) is 3.32. The minimum atomic E-state index is 0.0592. The summed E-state index contributed by atoms with van der Waals surface area (Å²) in [6, 6.07) is 14.2. The average molecular weight is 213 g/mol. The molecule has 1 aromatic heterocycles. The van der Waals surface area contributed by atoms with Gasteiger partial charge in [-0.05, 0) is 13.0 Å². The van der Waals surface area contributed by atoms with Crippen molar-refractivity contribution in [2.24, 2.45) is 0 Å². The zero-order valence-corrected chi connectivity index (χ0v) is 9.55. The lowest BCUT2D eigenvalue weighted by Gasteiger charge is -2.13. The summed E-state index contributed by atoms with van der Waals surface area (Å²) in [5.41, 5.74) is 3.25. The fraction of sp³-hybridized carbons (Fsp3) is 0.214. The molecule has 0 N–H and O–H groups in total. The van der Waals surface area contributed by atoms with Crippen molar-refractivity contribution in [3.05, 3.63) is 54.2 Å². The SMILES string of the molecule is COC(C)c1cccnc1-c1ccccc1. The molecule has 1 unspecified atom stereocenters. The van der Waals surface area contributed by atoms with Gasteiger partial charge in [0.15, 0.2) is 0 Å². The van der Waals surface area contributed by atoms with Gasteiger partial charge in [-0.1, -0.05) is 36.4 Å². The van der Waals surface area contributed by atoms with E-state index in [2.05, 4.69) is 23.2 Å². The van der Waals surface area contributed by atoms with Crippen LogP contribution in [0, 0.1) is 0 Å². The Morgan fingerprint density at radius 3 is 2.50 bits per heavy atom. The maximum absolute atomic E-state index is 5.36. The summed E-state index contributed by atoms with van der Waals surface area (Å²) in [6.45, 7) is 2.03. The van der Waals surface area contributed by atoms with Crippen LogP contribution in [0.15, 0.2) is 48.7 Å². The summed E-state index contributed by atoms with van der Waals surface area (Å²) < 4.78 is 5.36. The van der Waals surface area contributed by atoms with Gasteiger partial charge in [0.05, 0.1) is 11.8 Å². The van der Waals surface area contributed by atoms with Gasteiger partial charge in [0.25, 0.3) is 0 Å². The topological polar surface area (TPSA) is 22.1 Å². The molecule has 0 fully saturated rings. The van der Waals surface area contributed by atoms with Gasteiger partial charge in [-0.15, -0.1) is 0 Å². The van der Waals surface area contributed by atoms with Crippen LogP contribution in [0.25, 0.3) is 11.3 Å².